The Labute approximate surface area is 106 Å². The lowest BCUT2D eigenvalue weighted by Crippen LogP contribution is -2.43. The maximum absolute atomic E-state index is 11.4. The summed E-state index contributed by atoms with van der Waals surface area (Å²) in [4.78, 5) is 11.4. The molecule has 0 bridgehead atoms. The molecule has 4 nitrogen and oxygen atoms in total. The monoisotopic (exact) mass is 261 g/mol. The molecule has 0 aliphatic rings. The first-order chi connectivity index (χ1) is 7.51. The summed E-state index contributed by atoms with van der Waals surface area (Å²) in [5, 5.41) is 9.50. The van der Waals surface area contributed by atoms with Crippen molar-refractivity contribution in [2.24, 2.45) is 5.73 Å². The summed E-state index contributed by atoms with van der Waals surface area (Å²) in [7, 11) is -1.57. The van der Waals surface area contributed by atoms with Crippen molar-refractivity contribution in [1.82, 2.24) is 0 Å². The van der Waals surface area contributed by atoms with E-state index in [0.717, 1.165) is 6.04 Å². The van der Waals surface area contributed by atoms with E-state index < -0.39 is 26.2 Å². The number of hydrogen-bond acceptors (Lipinski definition) is 4. The number of nitrogens with two attached hydrogens (primary N) is 1. The largest absolute Gasteiger partial charge is 0.459 e. The minimum absolute atomic E-state index is 0.134. The predicted molar refractivity (Wildman–Crippen MR) is 72.6 cm³/mol. The van der Waals surface area contributed by atoms with Crippen molar-refractivity contribution in [1.29, 1.82) is 0 Å². The third-order valence-electron chi connectivity index (χ3n) is 3.63. The number of esters is 1. The van der Waals surface area contributed by atoms with E-state index in [2.05, 4.69) is 33.9 Å². The van der Waals surface area contributed by atoms with Crippen LogP contribution in [0.2, 0.25) is 24.2 Å². The summed E-state index contributed by atoms with van der Waals surface area (Å²) in [5.74, 6) is -0.442. The molecule has 17 heavy (non-hydrogen) atoms. The number of aliphatic hydroxyl groups excluding tert-OH is 1. The summed E-state index contributed by atoms with van der Waals surface area (Å²) in [6.07, 6.45) is -0.422. The minimum atomic E-state index is -1.57. The van der Waals surface area contributed by atoms with Gasteiger partial charge in [0.1, 0.15) is 12.1 Å². The van der Waals surface area contributed by atoms with E-state index in [1.165, 1.54) is 0 Å². The third kappa shape index (κ3) is 5.19. The zero-order valence-corrected chi connectivity index (χ0v) is 12.9. The summed E-state index contributed by atoms with van der Waals surface area (Å²) in [6.45, 7) is 12.5. The Morgan fingerprint density at radius 1 is 1.41 bits per heavy atom. The van der Waals surface area contributed by atoms with Gasteiger partial charge in [0.15, 0.2) is 0 Å². The molecule has 0 radical (unpaired) electrons. The fourth-order valence-electron chi connectivity index (χ4n) is 1.29. The summed E-state index contributed by atoms with van der Waals surface area (Å²) in [5.41, 5.74) is 5.44. The van der Waals surface area contributed by atoms with E-state index in [9.17, 15) is 9.90 Å². The molecule has 0 spiro atoms. The Hall–Kier alpha value is -0.393. The first-order valence-electron chi connectivity index (χ1n) is 6.08. The second kappa shape index (κ2) is 5.98. The number of carbonyl (C=O) groups excluding carboxylic acids is 1. The summed E-state index contributed by atoms with van der Waals surface area (Å²) >= 11 is 0. The maximum atomic E-state index is 11.4. The molecule has 0 rings (SSSR count). The van der Waals surface area contributed by atoms with Gasteiger partial charge in [0, 0.05) is 0 Å². The quantitative estimate of drug-likeness (QED) is 0.584. The topological polar surface area (TPSA) is 72.6 Å². The van der Waals surface area contributed by atoms with E-state index in [1.807, 2.05) is 0 Å². The molecule has 1 unspecified atom stereocenters. The third-order valence-corrected chi connectivity index (χ3v) is 9.16. The molecule has 0 saturated heterocycles. The van der Waals surface area contributed by atoms with Crippen LogP contribution in [0.15, 0.2) is 0 Å². The van der Waals surface area contributed by atoms with Crippen LogP contribution in [-0.4, -0.2) is 37.9 Å². The summed E-state index contributed by atoms with van der Waals surface area (Å²) < 4.78 is 5.21. The van der Waals surface area contributed by atoms with Crippen LogP contribution in [0.25, 0.3) is 0 Å². The zero-order chi connectivity index (χ0) is 13.9. The van der Waals surface area contributed by atoms with Gasteiger partial charge in [-0.15, -0.1) is 0 Å². The van der Waals surface area contributed by atoms with Crippen molar-refractivity contribution < 1.29 is 14.6 Å². The van der Waals surface area contributed by atoms with E-state index in [-0.39, 0.29) is 11.6 Å². The highest BCUT2D eigenvalue weighted by Gasteiger charge is 2.38. The summed E-state index contributed by atoms with van der Waals surface area (Å²) in [6, 6.07) is 0.120. The number of hydrogen-bond donors (Lipinski definition) is 2. The van der Waals surface area contributed by atoms with Crippen LogP contribution in [0.3, 0.4) is 0 Å². The van der Waals surface area contributed by atoms with Crippen molar-refractivity contribution in [3.63, 3.8) is 0 Å². The van der Waals surface area contributed by atoms with E-state index in [0.29, 0.717) is 0 Å². The van der Waals surface area contributed by atoms with Crippen molar-refractivity contribution in [2.45, 2.75) is 64.0 Å². The van der Waals surface area contributed by atoms with E-state index >= 15 is 0 Å². The van der Waals surface area contributed by atoms with Gasteiger partial charge in [-0.2, -0.15) is 0 Å². The predicted octanol–water partition coefficient (Wildman–Crippen LogP) is 1.75. The number of ether oxygens (including phenoxy) is 1. The van der Waals surface area contributed by atoms with E-state index in [4.69, 9.17) is 10.5 Å². The lowest BCUT2D eigenvalue weighted by Gasteiger charge is -2.39. The molecule has 0 aromatic heterocycles. The standard InChI is InChI=1S/C12H27NO3Si/c1-9(13)11(15)16-10(7-14)8-17(5,6)12(2,3)4/h9-10,14H,7-8,13H2,1-6H3/t9-,10?/m0/s1. The van der Waals surface area contributed by atoms with Crippen LogP contribution in [0, 0.1) is 0 Å². The van der Waals surface area contributed by atoms with Crippen LogP contribution in [0.5, 0.6) is 0 Å². The SMILES string of the molecule is C[C@H](N)C(=O)OC(CO)C[Si](C)(C)C(C)(C)C. The first-order valence-corrected chi connectivity index (χ1v) is 9.29. The smallest absolute Gasteiger partial charge is 0.322 e. The van der Waals surface area contributed by atoms with Crippen LogP contribution < -0.4 is 5.73 Å². The molecule has 0 aliphatic heterocycles. The van der Waals surface area contributed by atoms with Crippen LogP contribution >= 0.6 is 0 Å². The molecule has 3 N–H and O–H groups in total. The molecule has 0 aromatic carbocycles. The highest BCUT2D eigenvalue weighted by atomic mass is 28.3. The molecule has 0 aromatic rings. The molecule has 0 fully saturated rings. The molecular weight excluding hydrogens is 234 g/mol. The van der Waals surface area contributed by atoms with Gasteiger partial charge in [-0.05, 0) is 18.0 Å². The van der Waals surface area contributed by atoms with Crippen molar-refractivity contribution in [3.05, 3.63) is 0 Å². The number of aliphatic hydroxyl groups is 1. The van der Waals surface area contributed by atoms with Crippen LogP contribution in [-0.2, 0) is 9.53 Å². The molecule has 102 valence electrons. The fraction of sp³-hybridized carbons (Fsp3) is 0.917. The van der Waals surface area contributed by atoms with Crippen LogP contribution in [0.1, 0.15) is 27.7 Å². The highest BCUT2D eigenvalue weighted by Crippen LogP contribution is 2.39. The molecule has 0 saturated carbocycles. The maximum Gasteiger partial charge on any atom is 0.322 e. The zero-order valence-electron chi connectivity index (χ0n) is 11.9. The van der Waals surface area contributed by atoms with Gasteiger partial charge in [0.25, 0.3) is 0 Å². The highest BCUT2D eigenvalue weighted by molar-refractivity contribution is 6.80. The fourth-order valence-corrected chi connectivity index (χ4v) is 3.25. The normalized spacial score (nSPS) is 16.5. The average Bonchev–Trinajstić information content (AvgIpc) is 2.14. The Morgan fingerprint density at radius 3 is 2.18 bits per heavy atom. The Morgan fingerprint density at radius 2 is 1.88 bits per heavy atom. The Kier molecular flexibility index (Phi) is 5.84. The van der Waals surface area contributed by atoms with Gasteiger partial charge in [0.05, 0.1) is 14.7 Å². The first kappa shape index (κ1) is 16.6. The Balaban J connectivity index is 4.56. The van der Waals surface area contributed by atoms with Gasteiger partial charge >= 0.3 is 5.97 Å². The number of rotatable bonds is 5. The second-order valence-corrected chi connectivity index (χ2v) is 12.0. The molecule has 0 heterocycles. The average molecular weight is 261 g/mol. The van der Waals surface area contributed by atoms with Gasteiger partial charge in [0.2, 0.25) is 0 Å². The number of carbonyl (C=O) groups is 1. The van der Waals surface area contributed by atoms with Crippen molar-refractivity contribution in [3.8, 4) is 0 Å². The van der Waals surface area contributed by atoms with Crippen molar-refractivity contribution >= 4 is 14.0 Å². The van der Waals surface area contributed by atoms with Crippen molar-refractivity contribution in [2.75, 3.05) is 6.61 Å². The van der Waals surface area contributed by atoms with E-state index in [1.54, 1.807) is 6.92 Å². The lowest BCUT2D eigenvalue weighted by molar-refractivity contribution is -0.151. The lowest BCUT2D eigenvalue weighted by atomic mass is 10.2. The Bertz CT molecular complexity index is 259. The molecule has 0 amide bonds. The van der Waals surface area contributed by atoms with Crippen LogP contribution in [0.4, 0.5) is 0 Å². The second-order valence-electron chi connectivity index (χ2n) is 6.37. The molecule has 0 aliphatic carbocycles. The minimum Gasteiger partial charge on any atom is -0.459 e. The van der Waals surface area contributed by atoms with Gasteiger partial charge < -0.3 is 15.6 Å². The van der Waals surface area contributed by atoms with Gasteiger partial charge in [-0.1, -0.05) is 33.9 Å². The van der Waals surface area contributed by atoms with Gasteiger partial charge in [-0.3, -0.25) is 4.79 Å². The van der Waals surface area contributed by atoms with Gasteiger partial charge in [-0.25, -0.2) is 0 Å². The molecule has 2 atom stereocenters. The molecule has 5 heteroatoms. The molecular formula is C12H27NO3Si.